The zero-order chi connectivity index (χ0) is 13.1. The number of fused-ring (bicyclic) bond motifs is 2. The van der Waals surface area contributed by atoms with Gasteiger partial charge in [0.25, 0.3) is 0 Å². The molecule has 2 saturated heterocycles. The molecule has 0 aromatic heterocycles. The Labute approximate surface area is 116 Å². The first kappa shape index (κ1) is 14.2. The summed E-state index contributed by atoms with van der Waals surface area (Å²) in [7, 11) is 0. The molecule has 3 heteroatoms. The molecule has 2 unspecified atom stereocenters. The summed E-state index contributed by atoms with van der Waals surface area (Å²) in [6, 6.07) is 0.880. The third-order valence-electron chi connectivity index (χ3n) is 4.55. The van der Waals surface area contributed by atoms with E-state index in [0.717, 1.165) is 38.5 Å². The summed E-state index contributed by atoms with van der Waals surface area (Å²) in [5, 5.41) is 0.294. The fourth-order valence-electron chi connectivity index (χ4n) is 3.77. The molecule has 2 fully saturated rings. The lowest BCUT2D eigenvalue weighted by atomic mass is 9.93. The SMILES string of the molecule is CCCC(CCC)C(=O)N1C2CCC1CC(Cl)C2. The first-order valence-corrected chi connectivity index (χ1v) is 8.07. The topological polar surface area (TPSA) is 20.3 Å². The standard InChI is InChI=1S/C15H26ClNO/c1-3-5-11(6-4-2)15(18)17-13-7-8-14(17)10-12(16)9-13/h11-14H,3-10H2,1-2H3. The molecule has 18 heavy (non-hydrogen) atoms. The van der Waals surface area contributed by atoms with Gasteiger partial charge in [0.15, 0.2) is 0 Å². The lowest BCUT2D eigenvalue weighted by Crippen LogP contribution is -2.49. The van der Waals surface area contributed by atoms with Crippen molar-refractivity contribution < 1.29 is 4.79 Å². The highest BCUT2D eigenvalue weighted by molar-refractivity contribution is 6.20. The molecular weight excluding hydrogens is 246 g/mol. The van der Waals surface area contributed by atoms with Crippen LogP contribution in [0.1, 0.15) is 65.2 Å². The molecular formula is C15H26ClNO. The molecule has 2 nitrogen and oxygen atoms in total. The Morgan fingerprint density at radius 2 is 1.67 bits per heavy atom. The largest absolute Gasteiger partial charge is 0.336 e. The van der Waals surface area contributed by atoms with E-state index in [-0.39, 0.29) is 5.92 Å². The van der Waals surface area contributed by atoms with Crippen LogP contribution in [-0.2, 0) is 4.79 Å². The van der Waals surface area contributed by atoms with Crippen molar-refractivity contribution in [3.05, 3.63) is 0 Å². The lowest BCUT2D eigenvalue weighted by Gasteiger charge is -2.39. The summed E-state index contributed by atoms with van der Waals surface area (Å²) in [5.74, 6) is 0.685. The highest BCUT2D eigenvalue weighted by Gasteiger charge is 2.43. The fraction of sp³-hybridized carbons (Fsp3) is 0.933. The van der Waals surface area contributed by atoms with Crippen LogP contribution in [0.25, 0.3) is 0 Å². The van der Waals surface area contributed by atoms with Gasteiger partial charge < -0.3 is 4.90 Å². The average molecular weight is 272 g/mol. The third kappa shape index (κ3) is 2.84. The van der Waals surface area contributed by atoms with E-state index >= 15 is 0 Å². The Hall–Kier alpha value is -0.240. The van der Waals surface area contributed by atoms with Crippen LogP contribution in [0.2, 0.25) is 0 Å². The zero-order valence-electron chi connectivity index (χ0n) is 11.7. The van der Waals surface area contributed by atoms with Crippen molar-refractivity contribution in [3.8, 4) is 0 Å². The van der Waals surface area contributed by atoms with E-state index in [0.29, 0.717) is 23.4 Å². The minimum Gasteiger partial charge on any atom is -0.336 e. The van der Waals surface area contributed by atoms with Gasteiger partial charge in [0.05, 0.1) is 0 Å². The molecule has 0 N–H and O–H groups in total. The van der Waals surface area contributed by atoms with Crippen LogP contribution < -0.4 is 0 Å². The van der Waals surface area contributed by atoms with Crippen LogP contribution in [0, 0.1) is 5.92 Å². The van der Waals surface area contributed by atoms with Crippen LogP contribution in [-0.4, -0.2) is 28.3 Å². The maximum atomic E-state index is 12.7. The second-order valence-electron chi connectivity index (χ2n) is 5.97. The van der Waals surface area contributed by atoms with Crippen LogP contribution in [0.15, 0.2) is 0 Å². The molecule has 2 heterocycles. The van der Waals surface area contributed by atoms with Crippen molar-refractivity contribution in [2.75, 3.05) is 0 Å². The minimum atomic E-state index is 0.259. The summed E-state index contributed by atoms with van der Waals surface area (Å²) in [6.45, 7) is 4.35. The van der Waals surface area contributed by atoms with E-state index in [1.54, 1.807) is 0 Å². The predicted molar refractivity (Wildman–Crippen MR) is 75.8 cm³/mol. The van der Waals surface area contributed by atoms with E-state index < -0.39 is 0 Å². The molecule has 2 atom stereocenters. The van der Waals surface area contributed by atoms with Gasteiger partial charge in [0.1, 0.15) is 0 Å². The van der Waals surface area contributed by atoms with Crippen molar-refractivity contribution in [2.24, 2.45) is 5.92 Å². The Kier molecular flexibility index (Phi) is 4.94. The maximum absolute atomic E-state index is 12.7. The van der Waals surface area contributed by atoms with Gasteiger partial charge in [-0.25, -0.2) is 0 Å². The number of carbonyl (C=O) groups excluding carboxylic acids is 1. The zero-order valence-corrected chi connectivity index (χ0v) is 12.5. The van der Waals surface area contributed by atoms with Crippen molar-refractivity contribution in [3.63, 3.8) is 0 Å². The number of carbonyl (C=O) groups is 1. The average Bonchev–Trinajstić information content (AvgIpc) is 2.60. The molecule has 0 aliphatic carbocycles. The van der Waals surface area contributed by atoms with Crippen molar-refractivity contribution in [2.45, 2.75) is 82.7 Å². The van der Waals surface area contributed by atoms with Crippen molar-refractivity contribution in [1.29, 1.82) is 0 Å². The molecule has 2 bridgehead atoms. The van der Waals surface area contributed by atoms with Crippen LogP contribution >= 0.6 is 11.6 Å². The molecule has 0 aromatic rings. The number of rotatable bonds is 5. The van der Waals surface area contributed by atoms with E-state index in [1.807, 2.05) is 0 Å². The summed E-state index contributed by atoms with van der Waals surface area (Å²) >= 11 is 6.28. The summed E-state index contributed by atoms with van der Waals surface area (Å²) < 4.78 is 0. The summed E-state index contributed by atoms with van der Waals surface area (Å²) in [6.07, 6.45) is 8.67. The molecule has 1 amide bonds. The Balaban J connectivity index is 2.03. The van der Waals surface area contributed by atoms with Crippen molar-refractivity contribution in [1.82, 2.24) is 4.90 Å². The second-order valence-corrected chi connectivity index (χ2v) is 6.59. The van der Waals surface area contributed by atoms with Gasteiger partial charge in [-0.3, -0.25) is 4.79 Å². The summed E-state index contributed by atoms with van der Waals surface area (Å²) in [5.41, 5.74) is 0. The minimum absolute atomic E-state index is 0.259. The lowest BCUT2D eigenvalue weighted by molar-refractivity contribution is -0.140. The molecule has 2 aliphatic heterocycles. The van der Waals surface area contributed by atoms with Gasteiger partial charge in [-0.05, 0) is 38.5 Å². The van der Waals surface area contributed by atoms with E-state index in [2.05, 4.69) is 18.7 Å². The predicted octanol–water partition coefficient (Wildman–Crippen LogP) is 3.96. The Bertz CT molecular complexity index is 274. The summed E-state index contributed by atoms with van der Waals surface area (Å²) in [4.78, 5) is 14.9. The van der Waals surface area contributed by atoms with Gasteiger partial charge >= 0.3 is 0 Å². The molecule has 2 rings (SSSR count). The molecule has 104 valence electrons. The number of alkyl halides is 1. The second kappa shape index (κ2) is 6.27. The van der Waals surface area contributed by atoms with Crippen molar-refractivity contribution >= 4 is 17.5 Å². The maximum Gasteiger partial charge on any atom is 0.226 e. The smallest absolute Gasteiger partial charge is 0.226 e. The first-order chi connectivity index (χ1) is 8.67. The molecule has 0 spiro atoms. The molecule has 0 saturated carbocycles. The quantitative estimate of drug-likeness (QED) is 0.693. The van der Waals surface area contributed by atoms with E-state index in [9.17, 15) is 4.79 Å². The van der Waals surface area contributed by atoms with Gasteiger partial charge in [0, 0.05) is 23.4 Å². The Morgan fingerprint density at radius 3 is 2.11 bits per heavy atom. The third-order valence-corrected chi connectivity index (χ3v) is 4.91. The highest BCUT2D eigenvalue weighted by atomic mass is 35.5. The van der Waals surface area contributed by atoms with E-state index in [1.165, 1.54) is 12.8 Å². The fourth-order valence-corrected chi connectivity index (χ4v) is 4.18. The monoisotopic (exact) mass is 271 g/mol. The van der Waals surface area contributed by atoms with Crippen LogP contribution in [0.5, 0.6) is 0 Å². The van der Waals surface area contributed by atoms with E-state index in [4.69, 9.17) is 11.6 Å². The van der Waals surface area contributed by atoms with Gasteiger partial charge in [0.2, 0.25) is 5.91 Å². The number of piperidine rings is 1. The highest BCUT2D eigenvalue weighted by Crippen LogP contribution is 2.39. The van der Waals surface area contributed by atoms with Gasteiger partial charge in [-0.2, -0.15) is 0 Å². The molecule has 2 aliphatic rings. The number of hydrogen-bond acceptors (Lipinski definition) is 1. The van der Waals surface area contributed by atoms with Gasteiger partial charge in [-0.1, -0.05) is 26.7 Å². The van der Waals surface area contributed by atoms with Crippen LogP contribution in [0.4, 0.5) is 0 Å². The number of nitrogens with zero attached hydrogens (tertiary/aromatic N) is 1. The molecule has 0 aromatic carbocycles. The van der Waals surface area contributed by atoms with Crippen LogP contribution in [0.3, 0.4) is 0 Å². The normalized spacial score (nSPS) is 31.1. The number of hydrogen-bond donors (Lipinski definition) is 0. The number of halogens is 1. The first-order valence-electron chi connectivity index (χ1n) is 7.63. The Morgan fingerprint density at radius 1 is 1.17 bits per heavy atom. The molecule has 0 radical (unpaired) electrons. The van der Waals surface area contributed by atoms with Gasteiger partial charge in [-0.15, -0.1) is 11.6 Å². The number of amides is 1.